The van der Waals surface area contributed by atoms with Crippen LogP contribution in [0.1, 0.15) is 11.1 Å². The largest absolute Gasteiger partial charge is 0.223 e. The highest BCUT2D eigenvalue weighted by Gasteiger charge is 2.16. The van der Waals surface area contributed by atoms with Crippen molar-refractivity contribution in [3.05, 3.63) is 64.7 Å². The predicted octanol–water partition coefficient (Wildman–Crippen LogP) is 3.62. The number of aryl methyl sites for hydroxylation is 1. The van der Waals surface area contributed by atoms with Gasteiger partial charge in [-0.15, -0.1) is 0 Å². The molecule has 0 unspecified atom stereocenters. The van der Waals surface area contributed by atoms with Gasteiger partial charge in [-0.3, -0.25) is 0 Å². The molecule has 0 saturated heterocycles. The van der Waals surface area contributed by atoms with Gasteiger partial charge in [0.15, 0.2) is 9.84 Å². The molecule has 2 aromatic rings. The Hall–Kier alpha value is -1.32. The molecular weight excluding hydrogens is 268 g/mol. The van der Waals surface area contributed by atoms with Crippen molar-refractivity contribution < 1.29 is 8.42 Å². The van der Waals surface area contributed by atoms with Gasteiger partial charge in [-0.25, -0.2) is 8.42 Å². The van der Waals surface area contributed by atoms with Crippen molar-refractivity contribution in [1.82, 2.24) is 0 Å². The van der Waals surface area contributed by atoms with E-state index in [4.69, 9.17) is 11.6 Å². The van der Waals surface area contributed by atoms with Gasteiger partial charge < -0.3 is 0 Å². The monoisotopic (exact) mass is 280 g/mol. The summed E-state index contributed by atoms with van der Waals surface area (Å²) in [6.45, 7) is 1.86. The van der Waals surface area contributed by atoms with Crippen molar-refractivity contribution in [2.45, 2.75) is 17.6 Å². The van der Waals surface area contributed by atoms with E-state index in [0.717, 1.165) is 5.56 Å². The molecule has 2 aromatic carbocycles. The average Bonchev–Trinajstić information content (AvgIpc) is 2.36. The molecule has 0 aliphatic rings. The van der Waals surface area contributed by atoms with Gasteiger partial charge in [0, 0.05) is 5.02 Å². The van der Waals surface area contributed by atoms with E-state index in [1.807, 2.05) is 19.1 Å². The highest BCUT2D eigenvalue weighted by molar-refractivity contribution is 7.90. The fraction of sp³-hybridized carbons (Fsp3) is 0.143. The molecular formula is C14H13ClO2S. The van der Waals surface area contributed by atoms with Crippen molar-refractivity contribution in [2.24, 2.45) is 0 Å². The summed E-state index contributed by atoms with van der Waals surface area (Å²) < 4.78 is 24.4. The van der Waals surface area contributed by atoms with E-state index in [-0.39, 0.29) is 5.75 Å². The lowest BCUT2D eigenvalue weighted by atomic mass is 10.2. The van der Waals surface area contributed by atoms with Crippen molar-refractivity contribution in [1.29, 1.82) is 0 Å². The maximum absolute atomic E-state index is 12.2. The third-order valence-corrected chi connectivity index (χ3v) is 4.94. The summed E-state index contributed by atoms with van der Waals surface area (Å²) in [5.41, 5.74) is 1.53. The molecule has 0 fully saturated rings. The molecule has 2 nitrogen and oxygen atoms in total. The topological polar surface area (TPSA) is 34.1 Å². The molecule has 0 heterocycles. The van der Waals surface area contributed by atoms with Gasteiger partial charge in [-0.05, 0) is 30.2 Å². The van der Waals surface area contributed by atoms with Crippen LogP contribution in [-0.4, -0.2) is 8.42 Å². The molecule has 0 aliphatic heterocycles. The van der Waals surface area contributed by atoms with Crippen LogP contribution in [0.3, 0.4) is 0 Å². The Bertz CT molecular complexity index is 649. The van der Waals surface area contributed by atoms with E-state index >= 15 is 0 Å². The molecule has 94 valence electrons. The number of benzene rings is 2. The predicted molar refractivity (Wildman–Crippen MR) is 73.5 cm³/mol. The summed E-state index contributed by atoms with van der Waals surface area (Å²) in [5.74, 6) is -0.0719. The van der Waals surface area contributed by atoms with Crippen LogP contribution in [0.4, 0.5) is 0 Å². The number of hydrogen-bond acceptors (Lipinski definition) is 2. The number of hydrogen-bond donors (Lipinski definition) is 0. The Morgan fingerprint density at radius 2 is 1.67 bits per heavy atom. The molecule has 0 N–H and O–H groups in total. The maximum atomic E-state index is 12.2. The molecule has 2 rings (SSSR count). The Morgan fingerprint density at radius 3 is 2.33 bits per heavy atom. The van der Waals surface area contributed by atoms with E-state index in [0.29, 0.717) is 15.5 Å². The molecule has 0 spiro atoms. The first-order chi connectivity index (χ1) is 8.50. The second-order valence-electron chi connectivity index (χ2n) is 4.12. The second-order valence-corrected chi connectivity index (χ2v) is 6.49. The maximum Gasteiger partial charge on any atom is 0.182 e. The lowest BCUT2D eigenvalue weighted by Crippen LogP contribution is -2.05. The molecule has 0 atom stereocenters. The zero-order valence-electron chi connectivity index (χ0n) is 9.93. The lowest BCUT2D eigenvalue weighted by molar-refractivity contribution is 0.595. The number of halogens is 1. The average molecular weight is 281 g/mol. The van der Waals surface area contributed by atoms with Crippen LogP contribution >= 0.6 is 11.6 Å². The number of rotatable bonds is 3. The van der Waals surface area contributed by atoms with Gasteiger partial charge in [0.25, 0.3) is 0 Å². The van der Waals surface area contributed by atoms with Crippen LogP contribution in [0, 0.1) is 6.92 Å². The van der Waals surface area contributed by atoms with Crippen molar-refractivity contribution >= 4 is 21.4 Å². The molecule has 0 amide bonds. The van der Waals surface area contributed by atoms with E-state index in [1.54, 1.807) is 36.4 Å². The van der Waals surface area contributed by atoms with E-state index < -0.39 is 9.84 Å². The summed E-state index contributed by atoms with van der Waals surface area (Å²) >= 11 is 6.12. The van der Waals surface area contributed by atoms with E-state index in [2.05, 4.69) is 0 Å². The Kier molecular flexibility index (Phi) is 3.73. The normalized spacial score (nSPS) is 11.4. The van der Waals surface area contributed by atoms with Crippen LogP contribution in [0.15, 0.2) is 53.4 Å². The SMILES string of the molecule is Cc1cccc(CS(=O)(=O)c2ccccc2)c1Cl. The van der Waals surface area contributed by atoms with Gasteiger partial charge in [0.1, 0.15) is 0 Å². The molecule has 0 bridgehead atoms. The first-order valence-electron chi connectivity index (χ1n) is 5.52. The third-order valence-electron chi connectivity index (χ3n) is 2.72. The molecule has 18 heavy (non-hydrogen) atoms. The zero-order valence-corrected chi connectivity index (χ0v) is 11.5. The standard InChI is InChI=1S/C14H13ClO2S/c1-11-6-5-7-12(14(11)15)10-18(16,17)13-8-3-2-4-9-13/h2-9H,10H2,1H3. The Labute approximate surface area is 112 Å². The first-order valence-corrected chi connectivity index (χ1v) is 7.55. The van der Waals surface area contributed by atoms with Crippen molar-refractivity contribution in [3.63, 3.8) is 0 Å². The molecule has 0 radical (unpaired) electrons. The summed E-state index contributed by atoms with van der Waals surface area (Å²) in [6.07, 6.45) is 0. The first kappa shape index (κ1) is 13.1. The minimum absolute atomic E-state index is 0.0719. The fourth-order valence-corrected chi connectivity index (χ4v) is 3.40. The summed E-state index contributed by atoms with van der Waals surface area (Å²) in [5, 5.41) is 0.525. The van der Waals surface area contributed by atoms with Crippen LogP contribution in [0.2, 0.25) is 5.02 Å². The second kappa shape index (κ2) is 5.12. The van der Waals surface area contributed by atoms with Crippen molar-refractivity contribution in [3.8, 4) is 0 Å². The van der Waals surface area contributed by atoms with Gasteiger partial charge in [-0.1, -0.05) is 48.0 Å². The van der Waals surface area contributed by atoms with Gasteiger partial charge in [0.05, 0.1) is 10.6 Å². The highest BCUT2D eigenvalue weighted by atomic mass is 35.5. The Balaban J connectivity index is 2.37. The van der Waals surface area contributed by atoms with Crippen LogP contribution in [-0.2, 0) is 15.6 Å². The fourth-order valence-electron chi connectivity index (χ4n) is 1.74. The molecule has 0 aliphatic carbocycles. The third kappa shape index (κ3) is 2.74. The van der Waals surface area contributed by atoms with Crippen LogP contribution in [0.5, 0.6) is 0 Å². The summed E-state index contributed by atoms with van der Waals surface area (Å²) in [4.78, 5) is 0.322. The quantitative estimate of drug-likeness (QED) is 0.860. The minimum Gasteiger partial charge on any atom is -0.223 e. The summed E-state index contributed by atoms with van der Waals surface area (Å²) in [7, 11) is -3.34. The van der Waals surface area contributed by atoms with E-state index in [9.17, 15) is 8.42 Å². The van der Waals surface area contributed by atoms with Crippen LogP contribution < -0.4 is 0 Å². The van der Waals surface area contributed by atoms with Crippen LogP contribution in [0.25, 0.3) is 0 Å². The van der Waals surface area contributed by atoms with Gasteiger partial charge in [-0.2, -0.15) is 0 Å². The highest BCUT2D eigenvalue weighted by Crippen LogP contribution is 2.24. The number of sulfone groups is 1. The Morgan fingerprint density at radius 1 is 1.00 bits per heavy atom. The van der Waals surface area contributed by atoms with E-state index in [1.165, 1.54) is 0 Å². The van der Waals surface area contributed by atoms with Gasteiger partial charge >= 0.3 is 0 Å². The smallest absolute Gasteiger partial charge is 0.182 e. The van der Waals surface area contributed by atoms with Gasteiger partial charge in [0.2, 0.25) is 0 Å². The summed E-state index contributed by atoms with van der Waals surface area (Å²) in [6, 6.07) is 13.8. The van der Waals surface area contributed by atoms with Crippen molar-refractivity contribution in [2.75, 3.05) is 0 Å². The molecule has 4 heteroatoms. The molecule has 0 aromatic heterocycles. The molecule has 0 saturated carbocycles. The zero-order chi connectivity index (χ0) is 13.2. The minimum atomic E-state index is -3.34. The lowest BCUT2D eigenvalue weighted by Gasteiger charge is -2.08.